The van der Waals surface area contributed by atoms with Crippen molar-refractivity contribution < 1.29 is 4.79 Å². The first-order chi connectivity index (χ1) is 7.08. The lowest BCUT2D eigenvalue weighted by Crippen LogP contribution is -2.34. The minimum absolute atomic E-state index is 0.0417. The molecule has 2 rings (SSSR count). The number of rotatable bonds is 1. The Balaban J connectivity index is 2.34. The molecule has 0 spiro atoms. The molecule has 15 heavy (non-hydrogen) atoms. The van der Waals surface area contributed by atoms with Gasteiger partial charge in [-0.15, -0.1) is 0 Å². The van der Waals surface area contributed by atoms with Gasteiger partial charge in [-0.2, -0.15) is 0 Å². The smallest absolute Gasteiger partial charge is 0.243 e. The topological polar surface area (TPSA) is 46.3 Å². The molecule has 1 aromatic rings. The van der Waals surface area contributed by atoms with Gasteiger partial charge in [0.15, 0.2) is 0 Å². The molecule has 1 heterocycles. The van der Waals surface area contributed by atoms with E-state index in [1.54, 1.807) is 4.90 Å². The molecule has 0 aliphatic carbocycles. The average molecular weight is 204 g/mol. The predicted octanol–water partition coefficient (Wildman–Crippen LogP) is 1.37. The Morgan fingerprint density at radius 3 is 2.33 bits per heavy atom. The summed E-state index contributed by atoms with van der Waals surface area (Å²) in [5.74, 6) is 0.0417. The number of carbonyl (C=O) groups excluding carboxylic acids is 1. The molecule has 0 saturated carbocycles. The third-order valence-electron chi connectivity index (χ3n) is 2.77. The quantitative estimate of drug-likeness (QED) is 0.751. The average Bonchev–Trinajstić information content (AvgIpc) is 2.46. The van der Waals surface area contributed by atoms with E-state index in [0.717, 1.165) is 18.7 Å². The van der Waals surface area contributed by atoms with E-state index in [-0.39, 0.29) is 11.9 Å². The molecule has 0 bridgehead atoms. The summed E-state index contributed by atoms with van der Waals surface area (Å²) >= 11 is 0. The van der Waals surface area contributed by atoms with E-state index in [2.05, 4.69) is 6.07 Å². The van der Waals surface area contributed by atoms with Crippen molar-refractivity contribution in [2.24, 2.45) is 5.73 Å². The number of aryl methyl sites for hydroxylation is 2. The first kappa shape index (κ1) is 10.2. The van der Waals surface area contributed by atoms with Crippen LogP contribution in [0.4, 0.5) is 5.69 Å². The first-order valence-electron chi connectivity index (χ1n) is 5.23. The fourth-order valence-corrected chi connectivity index (χ4v) is 2.06. The number of amides is 1. The molecule has 1 amide bonds. The van der Waals surface area contributed by atoms with Gasteiger partial charge in [-0.1, -0.05) is 6.07 Å². The Morgan fingerprint density at radius 1 is 1.27 bits per heavy atom. The van der Waals surface area contributed by atoms with Crippen LogP contribution < -0.4 is 10.6 Å². The second kappa shape index (κ2) is 3.66. The molecule has 0 unspecified atom stereocenters. The Hall–Kier alpha value is -1.35. The van der Waals surface area contributed by atoms with Crippen LogP contribution in [-0.4, -0.2) is 18.5 Å². The monoisotopic (exact) mass is 204 g/mol. The van der Waals surface area contributed by atoms with Crippen molar-refractivity contribution >= 4 is 11.6 Å². The molecular weight excluding hydrogens is 188 g/mol. The second-order valence-electron chi connectivity index (χ2n) is 4.23. The highest BCUT2D eigenvalue weighted by atomic mass is 16.2. The number of carbonyl (C=O) groups is 1. The highest BCUT2D eigenvalue weighted by Gasteiger charge is 2.29. The third-order valence-corrected chi connectivity index (χ3v) is 2.77. The number of hydrogen-bond acceptors (Lipinski definition) is 2. The fourth-order valence-electron chi connectivity index (χ4n) is 2.06. The van der Waals surface area contributed by atoms with Gasteiger partial charge in [-0.05, 0) is 43.5 Å². The maximum atomic E-state index is 11.7. The predicted molar refractivity (Wildman–Crippen MR) is 60.9 cm³/mol. The van der Waals surface area contributed by atoms with E-state index in [9.17, 15) is 4.79 Å². The van der Waals surface area contributed by atoms with E-state index in [1.165, 1.54) is 11.1 Å². The van der Waals surface area contributed by atoms with Crippen LogP contribution in [0, 0.1) is 13.8 Å². The van der Waals surface area contributed by atoms with Gasteiger partial charge >= 0.3 is 0 Å². The van der Waals surface area contributed by atoms with Gasteiger partial charge in [0.25, 0.3) is 0 Å². The van der Waals surface area contributed by atoms with Crippen LogP contribution in [0.1, 0.15) is 17.5 Å². The molecule has 1 aromatic carbocycles. The van der Waals surface area contributed by atoms with Gasteiger partial charge in [0.1, 0.15) is 0 Å². The zero-order valence-electron chi connectivity index (χ0n) is 9.16. The zero-order chi connectivity index (χ0) is 11.0. The summed E-state index contributed by atoms with van der Waals surface area (Å²) in [4.78, 5) is 13.5. The van der Waals surface area contributed by atoms with Crippen LogP contribution in [0.5, 0.6) is 0 Å². The van der Waals surface area contributed by atoms with E-state index in [0.29, 0.717) is 0 Å². The van der Waals surface area contributed by atoms with E-state index in [4.69, 9.17) is 5.73 Å². The van der Waals surface area contributed by atoms with Gasteiger partial charge in [0.05, 0.1) is 6.04 Å². The van der Waals surface area contributed by atoms with Crippen molar-refractivity contribution in [3.63, 3.8) is 0 Å². The maximum Gasteiger partial charge on any atom is 0.243 e. The summed E-state index contributed by atoms with van der Waals surface area (Å²) in [5.41, 5.74) is 9.03. The summed E-state index contributed by atoms with van der Waals surface area (Å²) in [6.07, 6.45) is 0.756. The van der Waals surface area contributed by atoms with Crippen LogP contribution in [0.2, 0.25) is 0 Å². The number of nitrogens with zero attached hydrogens (tertiary/aromatic N) is 1. The van der Waals surface area contributed by atoms with Crippen molar-refractivity contribution in [3.05, 3.63) is 29.3 Å². The molecule has 1 aliphatic rings. The van der Waals surface area contributed by atoms with Gasteiger partial charge < -0.3 is 10.6 Å². The van der Waals surface area contributed by atoms with Gasteiger partial charge in [0.2, 0.25) is 5.91 Å². The fraction of sp³-hybridized carbons (Fsp3) is 0.417. The Morgan fingerprint density at radius 2 is 1.87 bits per heavy atom. The van der Waals surface area contributed by atoms with Crippen molar-refractivity contribution in [2.45, 2.75) is 26.3 Å². The maximum absolute atomic E-state index is 11.7. The van der Waals surface area contributed by atoms with Crippen LogP contribution in [-0.2, 0) is 4.79 Å². The lowest BCUT2D eigenvalue weighted by Gasteiger charge is -2.17. The number of nitrogens with two attached hydrogens (primary N) is 1. The van der Waals surface area contributed by atoms with Gasteiger partial charge in [0, 0.05) is 12.2 Å². The molecule has 80 valence electrons. The van der Waals surface area contributed by atoms with Gasteiger partial charge in [-0.25, -0.2) is 0 Å². The Bertz CT molecular complexity index is 380. The molecule has 1 saturated heterocycles. The number of hydrogen-bond donors (Lipinski definition) is 1. The van der Waals surface area contributed by atoms with Crippen LogP contribution in [0.25, 0.3) is 0 Å². The van der Waals surface area contributed by atoms with Crippen molar-refractivity contribution in [1.29, 1.82) is 0 Å². The van der Waals surface area contributed by atoms with Crippen molar-refractivity contribution in [1.82, 2.24) is 0 Å². The lowest BCUT2D eigenvalue weighted by molar-refractivity contribution is -0.118. The summed E-state index contributed by atoms with van der Waals surface area (Å²) < 4.78 is 0. The Kier molecular flexibility index (Phi) is 2.49. The van der Waals surface area contributed by atoms with E-state index < -0.39 is 0 Å². The standard InChI is InChI=1S/C12H16N2O/c1-8-5-9(2)7-10(6-8)14-4-3-11(13)12(14)15/h5-7,11H,3-4,13H2,1-2H3/t11-/m1/s1. The minimum Gasteiger partial charge on any atom is -0.320 e. The molecule has 1 atom stereocenters. The number of benzene rings is 1. The zero-order valence-corrected chi connectivity index (χ0v) is 9.16. The van der Waals surface area contributed by atoms with Crippen LogP contribution in [0.3, 0.4) is 0 Å². The van der Waals surface area contributed by atoms with Crippen molar-refractivity contribution in [3.8, 4) is 0 Å². The molecule has 3 nitrogen and oxygen atoms in total. The summed E-state index contributed by atoms with van der Waals surface area (Å²) in [7, 11) is 0. The molecular formula is C12H16N2O. The highest BCUT2D eigenvalue weighted by molar-refractivity contribution is 5.99. The van der Waals surface area contributed by atoms with Gasteiger partial charge in [-0.3, -0.25) is 4.79 Å². The third kappa shape index (κ3) is 1.88. The SMILES string of the molecule is Cc1cc(C)cc(N2CC[C@@H](N)C2=O)c1. The second-order valence-corrected chi connectivity index (χ2v) is 4.23. The van der Waals surface area contributed by atoms with Crippen molar-refractivity contribution in [2.75, 3.05) is 11.4 Å². The highest BCUT2D eigenvalue weighted by Crippen LogP contribution is 2.23. The van der Waals surface area contributed by atoms with E-state index >= 15 is 0 Å². The van der Waals surface area contributed by atoms with E-state index in [1.807, 2.05) is 26.0 Å². The van der Waals surface area contributed by atoms with Crippen LogP contribution in [0.15, 0.2) is 18.2 Å². The normalized spacial score (nSPS) is 21.1. The first-order valence-corrected chi connectivity index (χ1v) is 5.23. The molecule has 0 aromatic heterocycles. The lowest BCUT2D eigenvalue weighted by atomic mass is 10.1. The molecule has 1 aliphatic heterocycles. The summed E-state index contributed by atoms with van der Waals surface area (Å²) in [6.45, 7) is 4.82. The number of anilines is 1. The Labute approximate surface area is 89.9 Å². The minimum atomic E-state index is -0.314. The summed E-state index contributed by atoms with van der Waals surface area (Å²) in [6, 6.07) is 5.85. The summed E-state index contributed by atoms with van der Waals surface area (Å²) in [5, 5.41) is 0. The van der Waals surface area contributed by atoms with Crippen LogP contribution >= 0.6 is 0 Å². The molecule has 2 N–H and O–H groups in total. The molecule has 0 radical (unpaired) electrons. The molecule has 3 heteroatoms. The largest absolute Gasteiger partial charge is 0.320 e. The molecule has 1 fully saturated rings.